The van der Waals surface area contributed by atoms with Crippen LogP contribution < -0.4 is 0 Å². The summed E-state index contributed by atoms with van der Waals surface area (Å²) >= 11 is 0. The Morgan fingerprint density at radius 2 is 1.64 bits per heavy atom. The van der Waals surface area contributed by atoms with Crippen molar-refractivity contribution in [1.82, 2.24) is 0 Å². The van der Waals surface area contributed by atoms with Crippen molar-refractivity contribution in [2.75, 3.05) is 0 Å². The lowest BCUT2D eigenvalue weighted by molar-refractivity contribution is -0.112. The number of allylic oxidation sites excluding steroid dienone is 2. The van der Waals surface area contributed by atoms with Crippen molar-refractivity contribution >= 4 is 14.1 Å². The molecular formula is C11H22O2Si. The summed E-state index contributed by atoms with van der Waals surface area (Å²) in [5.41, 5.74) is 0. The fourth-order valence-electron chi connectivity index (χ4n) is 0.871. The maximum atomic E-state index is 10.8. The quantitative estimate of drug-likeness (QED) is 0.408. The number of carbonyl (C=O) groups is 1. The first-order chi connectivity index (χ1) is 6.06. The van der Waals surface area contributed by atoms with Crippen LogP contribution >= 0.6 is 0 Å². The fraction of sp³-hybridized carbons (Fsp3) is 0.727. The summed E-state index contributed by atoms with van der Waals surface area (Å²) in [7, 11) is -1.76. The van der Waals surface area contributed by atoms with E-state index in [1.165, 1.54) is 0 Å². The highest BCUT2D eigenvalue weighted by Gasteiger charge is 2.38. The van der Waals surface area contributed by atoms with Crippen molar-refractivity contribution in [3.8, 4) is 0 Å². The van der Waals surface area contributed by atoms with Crippen LogP contribution in [0.1, 0.15) is 34.6 Å². The van der Waals surface area contributed by atoms with Crippen LogP contribution in [0.4, 0.5) is 0 Å². The highest BCUT2D eigenvalue weighted by atomic mass is 28.4. The van der Waals surface area contributed by atoms with Gasteiger partial charge in [-0.3, -0.25) is 4.79 Å². The fourth-order valence-corrected chi connectivity index (χ4v) is 2.04. The average Bonchev–Trinajstić information content (AvgIpc) is 1.79. The first kappa shape index (κ1) is 13.4. The van der Waals surface area contributed by atoms with E-state index in [4.69, 9.17) is 4.43 Å². The Bertz CT molecular complexity index is 247. The van der Waals surface area contributed by atoms with Crippen molar-refractivity contribution in [1.29, 1.82) is 0 Å². The van der Waals surface area contributed by atoms with Gasteiger partial charge in [0, 0.05) is 6.08 Å². The van der Waals surface area contributed by atoms with Crippen LogP contribution in [-0.2, 0) is 9.22 Å². The van der Waals surface area contributed by atoms with Crippen LogP contribution in [0.15, 0.2) is 11.8 Å². The summed E-state index contributed by atoms with van der Waals surface area (Å²) in [5, 5.41) is 0.179. The van der Waals surface area contributed by atoms with Crippen LogP contribution in [0, 0.1) is 0 Å². The number of ketones is 1. The number of rotatable bonds is 3. The molecule has 3 heteroatoms. The average molecular weight is 214 g/mol. The predicted octanol–water partition coefficient (Wildman–Crippen LogP) is 3.50. The molecule has 0 aliphatic carbocycles. The number of hydrogen-bond donors (Lipinski definition) is 0. The number of hydrogen-bond acceptors (Lipinski definition) is 2. The molecule has 0 aliphatic heterocycles. The smallest absolute Gasteiger partial charge is 0.250 e. The Balaban J connectivity index is 4.60. The minimum atomic E-state index is -1.76. The molecule has 0 unspecified atom stereocenters. The summed E-state index contributed by atoms with van der Waals surface area (Å²) in [6.07, 6.45) is 1.56. The van der Waals surface area contributed by atoms with E-state index in [-0.39, 0.29) is 10.8 Å². The zero-order valence-electron chi connectivity index (χ0n) is 10.4. The van der Waals surface area contributed by atoms with E-state index in [1.807, 2.05) is 6.92 Å². The third kappa shape index (κ3) is 4.09. The summed E-state index contributed by atoms with van der Waals surface area (Å²) < 4.78 is 5.89. The molecular weight excluding hydrogens is 192 g/mol. The maximum absolute atomic E-state index is 10.8. The highest BCUT2D eigenvalue weighted by molar-refractivity contribution is 6.74. The van der Waals surface area contributed by atoms with E-state index in [1.54, 1.807) is 13.0 Å². The lowest BCUT2D eigenvalue weighted by Crippen LogP contribution is -2.40. The van der Waals surface area contributed by atoms with Crippen LogP contribution in [0.25, 0.3) is 0 Å². The molecule has 0 aromatic rings. The molecule has 0 aliphatic rings. The van der Waals surface area contributed by atoms with E-state index in [9.17, 15) is 4.79 Å². The molecule has 0 N–H and O–H groups in total. The van der Waals surface area contributed by atoms with E-state index in [2.05, 4.69) is 33.9 Å². The molecule has 0 heterocycles. The van der Waals surface area contributed by atoms with Gasteiger partial charge in [-0.1, -0.05) is 20.8 Å². The van der Waals surface area contributed by atoms with Gasteiger partial charge in [-0.15, -0.1) is 0 Å². The maximum Gasteiger partial charge on any atom is 0.250 e. The third-order valence-corrected chi connectivity index (χ3v) is 7.07. The monoisotopic (exact) mass is 214 g/mol. The van der Waals surface area contributed by atoms with Gasteiger partial charge in [0.15, 0.2) is 5.78 Å². The molecule has 2 nitrogen and oxygen atoms in total. The van der Waals surface area contributed by atoms with Crippen LogP contribution in [0.3, 0.4) is 0 Å². The molecule has 0 aromatic carbocycles. The van der Waals surface area contributed by atoms with Gasteiger partial charge in [0.05, 0.1) is 5.76 Å². The molecule has 0 rings (SSSR count). The highest BCUT2D eigenvalue weighted by Crippen LogP contribution is 2.37. The van der Waals surface area contributed by atoms with E-state index < -0.39 is 8.32 Å². The molecule has 0 saturated carbocycles. The normalized spacial score (nSPS) is 14.1. The minimum absolute atomic E-state index is 0.0428. The molecule has 0 saturated heterocycles. The Morgan fingerprint density at radius 1 is 1.21 bits per heavy atom. The molecule has 0 aromatic heterocycles. The van der Waals surface area contributed by atoms with E-state index >= 15 is 0 Å². The topological polar surface area (TPSA) is 26.3 Å². The van der Waals surface area contributed by atoms with Crippen molar-refractivity contribution in [2.24, 2.45) is 0 Å². The molecule has 0 bridgehead atoms. The van der Waals surface area contributed by atoms with Crippen molar-refractivity contribution in [2.45, 2.75) is 52.8 Å². The van der Waals surface area contributed by atoms with Gasteiger partial charge >= 0.3 is 0 Å². The van der Waals surface area contributed by atoms with Crippen molar-refractivity contribution in [3.05, 3.63) is 11.8 Å². The van der Waals surface area contributed by atoms with Gasteiger partial charge in [0.2, 0.25) is 8.32 Å². The van der Waals surface area contributed by atoms with Crippen molar-refractivity contribution in [3.63, 3.8) is 0 Å². The minimum Gasteiger partial charge on any atom is -0.547 e. The second-order valence-electron chi connectivity index (χ2n) is 5.23. The molecule has 0 fully saturated rings. The Morgan fingerprint density at radius 3 is 1.93 bits per heavy atom. The largest absolute Gasteiger partial charge is 0.547 e. The number of carbonyl (C=O) groups excluding carboxylic acids is 1. The summed E-state index contributed by atoms with van der Waals surface area (Å²) in [4.78, 5) is 10.8. The Labute approximate surface area is 88.5 Å². The standard InChI is InChI=1S/C11H22O2Si/c1-9(12)8-10(2)13-14(6,7)11(3,4)5/h8H,1-7H3/b10-8-. The molecule has 82 valence electrons. The molecule has 0 amide bonds. The van der Waals surface area contributed by atoms with E-state index in [0.717, 1.165) is 5.76 Å². The first-order valence-electron chi connectivity index (χ1n) is 4.94. The molecule has 0 radical (unpaired) electrons. The summed E-state index contributed by atoms with van der Waals surface area (Å²) in [6.45, 7) is 14.3. The predicted molar refractivity (Wildman–Crippen MR) is 62.7 cm³/mol. The third-order valence-electron chi connectivity index (χ3n) is 2.63. The van der Waals surface area contributed by atoms with Gasteiger partial charge in [-0.25, -0.2) is 0 Å². The van der Waals surface area contributed by atoms with Gasteiger partial charge in [-0.05, 0) is 32.0 Å². The zero-order valence-corrected chi connectivity index (χ0v) is 11.4. The molecule has 0 spiro atoms. The summed E-state index contributed by atoms with van der Waals surface area (Å²) in [6, 6.07) is 0. The van der Waals surface area contributed by atoms with Gasteiger partial charge in [0.1, 0.15) is 0 Å². The molecule has 14 heavy (non-hydrogen) atoms. The first-order valence-corrected chi connectivity index (χ1v) is 7.85. The SMILES string of the molecule is CC(=O)/C=C(/C)O[Si](C)(C)C(C)(C)C. The second kappa shape index (κ2) is 4.30. The lowest BCUT2D eigenvalue weighted by atomic mass is 10.2. The van der Waals surface area contributed by atoms with Crippen LogP contribution in [0.5, 0.6) is 0 Å². The second-order valence-corrected chi connectivity index (χ2v) is 9.95. The van der Waals surface area contributed by atoms with Gasteiger partial charge < -0.3 is 4.43 Å². The van der Waals surface area contributed by atoms with E-state index in [0.29, 0.717) is 0 Å². The summed E-state index contributed by atoms with van der Waals surface area (Å²) in [5.74, 6) is 0.783. The van der Waals surface area contributed by atoms with Gasteiger partial charge in [0.25, 0.3) is 0 Å². The molecule has 0 atom stereocenters. The van der Waals surface area contributed by atoms with Crippen molar-refractivity contribution < 1.29 is 9.22 Å². The lowest BCUT2D eigenvalue weighted by Gasteiger charge is -2.36. The van der Waals surface area contributed by atoms with Crippen LogP contribution in [0.2, 0.25) is 18.1 Å². The van der Waals surface area contributed by atoms with Gasteiger partial charge in [-0.2, -0.15) is 0 Å². The Kier molecular flexibility index (Phi) is 4.12. The Hall–Kier alpha value is -0.573. The van der Waals surface area contributed by atoms with Crippen LogP contribution in [-0.4, -0.2) is 14.1 Å². The zero-order chi connectivity index (χ0) is 11.6.